The smallest absolute Gasteiger partial charge is 0.240 e. The molecular formula is C14H8F4N2. The van der Waals surface area contributed by atoms with E-state index < -0.39 is 11.7 Å². The first-order valence-electron chi connectivity index (χ1n) is 5.76. The van der Waals surface area contributed by atoms with Crippen LogP contribution in [0.15, 0.2) is 48.7 Å². The maximum Gasteiger partial charge on any atom is 0.417 e. The second-order valence-corrected chi connectivity index (χ2v) is 4.32. The number of rotatable bonds is 1. The van der Waals surface area contributed by atoms with Gasteiger partial charge in [0.15, 0.2) is 0 Å². The lowest BCUT2D eigenvalue weighted by atomic mass is 10.1. The standard InChI is InChI=1S/C14H8F4N2/c15-11-4-1-9(2-5-11)13-7-12-6-3-10(14(16,17)18)8-20(12)19-13/h1-8H. The molecule has 0 N–H and O–H groups in total. The molecule has 3 aromatic rings. The van der Waals surface area contributed by atoms with E-state index in [1.807, 2.05) is 0 Å². The fourth-order valence-electron chi connectivity index (χ4n) is 1.92. The van der Waals surface area contributed by atoms with Gasteiger partial charge in [0.2, 0.25) is 0 Å². The average molecular weight is 280 g/mol. The molecule has 102 valence electrons. The molecular weight excluding hydrogens is 272 g/mol. The van der Waals surface area contributed by atoms with Gasteiger partial charge < -0.3 is 0 Å². The van der Waals surface area contributed by atoms with E-state index >= 15 is 0 Å². The number of pyridine rings is 1. The normalized spacial score (nSPS) is 12.0. The van der Waals surface area contributed by atoms with Gasteiger partial charge in [-0.15, -0.1) is 0 Å². The highest BCUT2D eigenvalue weighted by atomic mass is 19.4. The topological polar surface area (TPSA) is 17.3 Å². The van der Waals surface area contributed by atoms with E-state index in [0.717, 1.165) is 12.3 Å². The lowest BCUT2D eigenvalue weighted by Gasteiger charge is -2.05. The van der Waals surface area contributed by atoms with Crippen LogP contribution < -0.4 is 0 Å². The monoisotopic (exact) mass is 280 g/mol. The van der Waals surface area contributed by atoms with Gasteiger partial charge in [-0.05, 0) is 42.5 Å². The van der Waals surface area contributed by atoms with Crippen molar-refractivity contribution in [1.29, 1.82) is 0 Å². The van der Waals surface area contributed by atoms with Crippen LogP contribution in [0.1, 0.15) is 5.56 Å². The average Bonchev–Trinajstić information content (AvgIpc) is 2.81. The van der Waals surface area contributed by atoms with Crippen molar-refractivity contribution in [2.75, 3.05) is 0 Å². The summed E-state index contributed by atoms with van der Waals surface area (Å²) in [6, 6.07) is 9.62. The quantitative estimate of drug-likeness (QED) is 0.612. The Labute approximate surface area is 111 Å². The third-order valence-electron chi connectivity index (χ3n) is 2.93. The molecule has 6 heteroatoms. The Balaban J connectivity index is 2.09. The molecule has 2 nitrogen and oxygen atoms in total. The van der Waals surface area contributed by atoms with Crippen LogP contribution in [0, 0.1) is 5.82 Å². The van der Waals surface area contributed by atoms with Gasteiger partial charge in [-0.1, -0.05) is 0 Å². The summed E-state index contributed by atoms with van der Waals surface area (Å²) >= 11 is 0. The first-order chi connectivity index (χ1) is 9.43. The largest absolute Gasteiger partial charge is 0.417 e. The van der Waals surface area contributed by atoms with Gasteiger partial charge in [0.25, 0.3) is 0 Å². The molecule has 0 bridgehead atoms. The highest BCUT2D eigenvalue weighted by Gasteiger charge is 2.30. The summed E-state index contributed by atoms with van der Waals surface area (Å²) < 4.78 is 51.8. The third kappa shape index (κ3) is 2.24. The maximum atomic E-state index is 12.8. The molecule has 0 aliphatic heterocycles. The molecule has 0 spiro atoms. The Morgan fingerprint density at radius 1 is 0.950 bits per heavy atom. The van der Waals surface area contributed by atoms with Crippen molar-refractivity contribution in [1.82, 2.24) is 9.61 Å². The zero-order chi connectivity index (χ0) is 14.3. The van der Waals surface area contributed by atoms with Crippen LogP contribution in [-0.2, 0) is 6.18 Å². The molecule has 0 fully saturated rings. The predicted octanol–water partition coefficient (Wildman–Crippen LogP) is 4.16. The van der Waals surface area contributed by atoms with Crippen LogP contribution >= 0.6 is 0 Å². The summed E-state index contributed by atoms with van der Waals surface area (Å²) in [5.74, 6) is -0.378. The highest BCUT2D eigenvalue weighted by molar-refractivity contribution is 5.66. The number of hydrogen-bond acceptors (Lipinski definition) is 1. The predicted molar refractivity (Wildman–Crippen MR) is 65.6 cm³/mol. The summed E-state index contributed by atoms with van der Waals surface area (Å²) in [5.41, 5.74) is 0.907. The summed E-state index contributed by atoms with van der Waals surface area (Å²) in [5, 5.41) is 4.08. The van der Waals surface area contributed by atoms with E-state index in [-0.39, 0.29) is 5.82 Å². The van der Waals surface area contributed by atoms with Gasteiger partial charge in [0, 0.05) is 11.8 Å². The van der Waals surface area contributed by atoms with E-state index in [0.29, 0.717) is 16.8 Å². The van der Waals surface area contributed by atoms with Crippen LogP contribution in [0.25, 0.3) is 16.8 Å². The van der Waals surface area contributed by atoms with Gasteiger partial charge in [-0.25, -0.2) is 8.91 Å². The number of halogens is 4. The molecule has 0 atom stereocenters. The molecule has 1 aromatic carbocycles. The molecule has 3 rings (SSSR count). The Kier molecular flexibility index (Phi) is 2.74. The highest BCUT2D eigenvalue weighted by Crippen LogP contribution is 2.30. The first kappa shape index (κ1) is 12.7. The minimum absolute atomic E-state index is 0.378. The Hall–Kier alpha value is -2.37. The summed E-state index contributed by atoms with van der Waals surface area (Å²) in [7, 11) is 0. The fourth-order valence-corrected chi connectivity index (χ4v) is 1.92. The summed E-state index contributed by atoms with van der Waals surface area (Å²) in [4.78, 5) is 0. The lowest BCUT2D eigenvalue weighted by molar-refractivity contribution is -0.137. The number of alkyl halides is 3. The fraction of sp³-hybridized carbons (Fsp3) is 0.0714. The second kappa shape index (κ2) is 4.33. The van der Waals surface area contributed by atoms with Crippen molar-refractivity contribution in [2.24, 2.45) is 0 Å². The molecule has 0 amide bonds. The van der Waals surface area contributed by atoms with Crippen molar-refractivity contribution < 1.29 is 17.6 Å². The van der Waals surface area contributed by atoms with Crippen LogP contribution in [-0.4, -0.2) is 9.61 Å². The molecule has 0 unspecified atom stereocenters. The number of nitrogens with zero attached hydrogens (tertiary/aromatic N) is 2. The first-order valence-corrected chi connectivity index (χ1v) is 5.76. The molecule has 2 aromatic heterocycles. The number of aromatic nitrogens is 2. The minimum Gasteiger partial charge on any atom is -0.240 e. The molecule has 20 heavy (non-hydrogen) atoms. The van der Waals surface area contributed by atoms with Gasteiger partial charge in [0.1, 0.15) is 5.82 Å². The molecule has 0 aliphatic carbocycles. The Morgan fingerprint density at radius 3 is 2.30 bits per heavy atom. The second-order valence-electron chi connectivity index (χ2n) is 4.32. The van der Waals surface area contributed by atoms with Crippen molar-refractivity contribution in [2.45, 2.75) is 6.18 Å². The summed E-state index contributed by atoms with van der Waals surface area (Å²) in [6.45, 7) is 0. The molecule has 0 saturated heterocycles. The number of fused-ring (bicyclic) bond motifs is 1. The van der Waals surface area contributed by atoms with Crippen LogP contribution in [0.4, 0.5) is 17.6 Å². The zero-order valence-electron chi connectivity index (χ0n) is 10.0. The molecule has 2 heterocycles. The van der Waals surface area contributed by atoms with E-state index in [1.165, 1.54) is 34.8 Å². The Bertz CT molecular complexity index is 757. The number of benzene rings is 1. The SMILES string of the molecule is Fc1ccc(-c2cc3ccc(C(F)(F)F)cn3n2)cc1. The van der Waals surface area contributed by atoms with Crippen molar-refractivity contribution >= 4 is 5.52 Å². The molecule has 0 saturated carbocycles. The Morgan fingerprint density at radius 2 is 1.65 bits per heavy atom. The van der Waals surface area contributed by atoms with E-state index in [1.54, 1.807) is 6.07 Å². The lowest BCUT2D eigenvalue weighted by Crippen LogP contribution is -2.06. The number of hydrogen-bond donors (Lipinski definition) is 0. The van der Waals surface area contributed by atoms with Crippen LogP contribution in [0.2, 0.25) is 0 Å². The minimum atomic E-state index is -4.41. The van der Waals surface area contributed by atoms with Gasteiger partial charge in [0.05, 0.1) is 16.8 Å². The molecule has 0 aliphatic rings. The van der Waals surface area contributed by atoms with Gasteiger partial charge >= 0.3 is 6.18 Å². The maximum absolute atomic E-state index is 12.8. The summed E-state index contributed by atoms with van der Waals surface area (Å²) in [6.07, 6.45) is -3.47. The van der Waals surface area contributed by atoms with Gasteiger partial charge in [-0.2, -0.15) is 18.3 Å². The molecule has 0 radical (unpaired) electrons. The van der Waals surface area contributed by atoms with E-state index in [9.17, 15) is 17.6 Å². The zero-order valence-corrected chi connectivity index (χ0v) is 10.0. The van der Waals surface area contributed by atoms with E-state index in [4.69, 9.17) is 0 Å². The van der Waals surface area contributed by atoms with Crippen LogP contribution in [0.5, 0.6) is 0 Å². The van der Waals surface area contributed by atoms with Crippen LogP contribution in [0.3, 0.4) is 0 Å². The van der Waals surface area contributed by atoms with Crippen molar-refractivity contribution in [3.05, 3.63) is 60.0 Å². The van der Waals surface area contributed by atoms with Crippen molar-refractivity contribution in [3.63, 3.8) is 0 Å². The third-order valence-corrected chi connectivity index (χ3v) is 2.93. The van der Waals surface area contributed by atoms with Gasteiger partial charge in [-0.3, -0.25) is 0 Å². The van der Waals surface area contributed by atoms with E-state index in [2.05, 4.69) is 5.10 Å². The van der Waals surface area contributed by atoms with Crippen molar-refractivity contribution in [3.8, 4) is 11.3 Å².